The van der Waals surface area contributed by atoms with Crippen LogP contribution < -0.4 is 10.6 Å². The summed E-state index contributed by atoms with van der Waals surface area (Å²) in [5.74, 6) is 0.821. The molecule has 1 atom stereocenters. The van der Waals surface area contributed by atoms with Gasteiger partial charge in [-0.1, -0.05) is 0 Å². The van der Waals surface area contributed by atoms with E-state index >= 15 is 0 Å². The van der Waals surface area contributed by atoms with Gasteiger partial charge in [-0.2, -0.15) is 0 Å². The lowest BCUT2D eigenvalue weighted by Gasteiger charge is -2.11. The van der Waals surface area contributed by atoms with Gasteiger partial charge in [-0.15, -0.1) is 10.2 Å². The number of pyridine rings is 1. The normalized spacial score (nSPS) is 18.4. The minimum Gasteiger partial charge on any atom is -0.367 e. The van der Waals surface area contributed by atoms with Crippen molar-refractivity contribution in [1.82, 2.24) is 20.5 Å². The quantitative estimate of drug-likeness (QED) is 0.870. The predicted octanol–water partition coefficient (Wildman–Crippen LogP) is 1.70. The van der Waals surface area contributed by atoms with Gasteiger partial charge in [-0.05, 0) is 43.7 Å². The van der Waals surface area contributed by atoms with E-state index < -0.39 is 0 Å². The highest BCUT2D eigenvalue weighted by molar-refractivity contribution is 5.57. The van der Waals surface area contributed by atoms with Crippen LogP contribution in [-0.4, -0.2) is 34.3 Å². The fraction of sp³-hybridized carbons (Fsp3) is 0.357. The molecule has 2 aromatic heterocycles. The van der Waals surface area contributed by atoms with Crippen molar-refractivity contribution in [2.45, 2.75) is 18.9 Å². The number of nitrogens with zero attached hydrogens (tertiary/aromatic N) is 3. The maximum atomic E-state index is 4.22. The molecule has 1 fully saturated rings. The van der Waals surface area contributed by atoms with Crippen LogP contribution in [-0.2, 0) is 0 Å². The van der Waals surface area contributed by atoms with E-state index in [4.69, 9.17) is 0 Å². The van der Waals surface area contributed by atoms with Gasteiger partial charge in [-0.25, -0.2) is 0 Å². The van der Waals surface area contributed by atoms with E-state index in [1.165, 1.54) is 12.8 Å². The monoisotopic (exact) mass is 255 g/mol. The smallest absolute Gasteiger partial charge is 0.148 e. The highest BCUT2D eigenvalue weighted by Gasteiger charge is 2.13. The van der Waals surface area contributed by atoms with Gasteiger partial charge < -0.3 is 10.6 Å². The first-order valence-corrected chi connectivity index (χ1v) is 6.63. The van der Waals surface area contributed by atoms with Crippen molar-refractivity contribution < 1.29 is 0 Å². The molecule has 3 rings (SSSR count). The summed E-state index contributed by atoms with van der Waals surface area (Å²) in [5, 5.41) is 15.2. The maximum Gasteiger partial charge on any atom is 0.148 e. The summed E-state index contributed by atoms with van der Waals surface area (Å²) in [6.07, 6.45) is 6.03. The molecule has 0 radical (unpaired) electrons. The van der Waals surface area contributed by atoms with Crippen molar-refractivity contribution in [3.63, 3.8) is 0 Å². The second-order valence-corrected chi connectivity index (χ2v) is 4.72. The Morgan fingerprint density at radius 3 is 2.95 bits per heavy atom. The van der Waals surface area contributed by atoms with Crippen molar-refractivity contribution in [3.05, 3.63) is 36.7 Å². The maximum absolute atomic E-state index is 4.22. The van der Waals surface area contributed by atoms with Crippen molar-refractivity contribution in [2.75, 3.05) is 18.4 Å². The molecule has 5 nitrogen and oxygen atoms in total. The number of nitrogens with one attached hydrogen (secondary N) is 2. The van der Waals surface area contributed by atoms with Crippen LogP contribution in [0.4, 0.5) is 5.82 Å². The summed E-state index contributed by atoms with van der Waals surface area (Å²) in [7, 11) is 0. The number of hydrogen-bond donors (Lipinski definition) is 2. The topological polar surface area (TPSA) is 62.7 Å². The summed E-state index contributed by atoms with van der Waals surface area (Å²) in [5.41, 5.74) is 1.83. The minimum atomic E-state index is 0.555. The molecule has 0 spiro atoms. The molecule has 0 saturated carbocycles. The van der Waals surface area contributed by atoms with Crippen LogP contribution >= 0.6 is 0 Å². The Morgan fingerprint density at radius 1 is 1.26 bits per heavy atom. The van der Waals surface area contributed by atoms with Gasteiger partial charge in [-0.3, -0.25) is 4.98 Å². The van der Waals surface area contributed by atoms with E-state index in [0.29, 0.717) is 6.04 Å². The van der Waals surface area contributed by atoms with Gasteiger partial charge in [0.25, 0.3) is 0 Å². The van der Waals surface area contributed by atoms with Gasteiger partial charge >= 0.3 is 0 Å². The molecule has 1 saturated heterocycles. The molecule has 0 aliphatic carbocycles. The Bertz CT molecular complexity index is 505. The van der Waals surface area contributed by atoms with Crippen molar-refractivity contribution in [3.8, 4) is 11.3 Å². The SMILES string of the molecule is c1cncc(-c2ccc(NCC3CCCN3)nn2)c1. The first-order chi connectivity index (χ1) is 9.42. The van der Waals surface area contributed by atoms with Crippen LogP contribution in [0.3, 0.4) is 0 Å². The Balaban J connectivity index is 1.62. The van der Waals surface area contributed by atoms with Crippen LogP contribution in [0.25, 0.3) is 11.3 Å². The summed E-state index contributed by atoms with van der Waals surface area (Å²) in [4.78, 5) is 4.08. The first kappa shape index (κ1) is 12.0. The molecule has 2 N–H and O–H groups in total. The highest BCUT2D eigenvalue weighted by Crippen LogP contribution is 2.15. The molecule has 1 unspecified atom stereocenters. The van der Waals surface area contributed by atoms with E-state index in [-0.39, 0.29) is 0 Å². The van der Waals surface area contributed by atoms with Gasteiger partial charge in [0.2, 0.25) is 0 Å². The lowest BCUT2D eigenvalue weighted by molar-refractivity contribution is 0.632. The molecule has 19 heavy (non-hydrogen) atoms. The molecule has 0 aromatic carbocycles. The molecule has 2 aromatic rings. The van der Waals surface area contributed by atoms with E-state index in [1.54, 1.807) is 12.4 Å². The molecule has 0 bridgehead atoms. The zero-order valence-corrected chi connectivity index (χ0v) is 10.7. The van der Waals surface area contributed by atoms with Crippen LogP contribution in [0.15, 0.2) is 36.7 Å². The second kappa shape index (κ2) is 5.75. The van der Waals surface area contributed by atoms with Crippen molar-refractivity contribution in [2.24, 2.45) is 0 Å². The Kier molecular flexibility index (Phi) is 3.65. The number of aromatic nitrogens is 3. The molecular formula is C14H17N5. The minimum absolute atomic E-state index is 0.555. The fourth-order valence-corrected chi connectivity index (χ4v) is 2.25. The zero-order valence-electron chi connectivity index (χ0n) is 10.7. The van der Waals surface area contributed by atoms with Gasteiger partial charge in [0.15, 0.2) is 0 Å². The van der Waals surface area contributed by atoms with E-state index in [2.05, 4.69) is 25.8 Å². The predicted molar refractivity (Wildman–Crippen MR) is 74.8 cm³/mol. The van der Waals surface area contributed by atoms with Gasteiger partial charge in [0.1, 0.15) is 5.82 Å². The second-order valence-electron chi connectivity index (χ2n) is 4.72. The third-order valence-corrected chi connectivity index (χ3v) is 3.31. The van der Waals surface area contributed by atoms with E-state index in [1.807, 2.05) is 24.3 Å². The third kappa shape index (κ3) is 3.06. The molecule has 98 valence electrons. The van der Waals surface area contributed by atoms with Crippen LogP contribution in [0.5, 0.6) is 0 Å². The Morgan fingerprint density at radius 2 is 2.26 bits per heavy atom. The molecule has 0 amide bonds. The molecule has 5 heteroatoms. The average molecular weight is 255 g/mol. The lowest BCUT2D eigenvalue weighted by Crippen LogP contribution is -2.29. The molecule has 1 aliphatic heterocycles. The van der Waals surface area contributed by atoms with Gasteiger partial charge in [0.05, 0.1) is 5.69 Å². The van der Waals surface area contributed by atoms with Gasteiger partial charge in [0, 0.05) is 30.5 Å². The fourth-order valence-electron chi connectivity index (χ4n) is 2.25. The third-order valence-electron chi connectivity index (χ3n) is 3.31. The summed E-state index contributed by atoms with van der Waals surface area (Å²) in [6, 6.07) is 8.36. The molecule has 1 aliphatic rings. The largest absolute Gasteiger partial charge is 0.367 e. The van der Waals surface area contributed by atoms with Crippen LogP contribution in [0.2, 0.25) is 0 Å². The first-order valence-electron chi connectivity index (χ1n) is 6.63. The number of hydrogen-bond acceptors (Lipinski definition) is 5. The Labute approximate surface area is 112 Å². The summed E-state index contributed by atoms with van der Waals surface area (Å²) >= 11 is 0. The zero-order chi connectivity index (χ0) is 12.9. The molecule has 3 heterocycles. The summed E-state index contributed by atoms with van der Waals surface area (Å²) < 4.78 is 0. The van der Waals surface area contributed by atoms with Crippen molar-refractivity contribution >= 4 is 5.82 Å². The van der Waals surface area contributed by atoms with Crippen molar-refractivity contribution in [1.29, 1.82) is 0 Å². The number of rotatable bonds is 4. The molecular weight excluding hydrogens is 238 g/mol. The lowest BCUT2D eigenvalue weighted by atomic mass is 10.2. The van der Waals surface area contributed by atoms with E-state index in [0.717, 1.165) is 30.2 Å². The van der Waals surface area contributed by atoms with Crippen LogP contribution in [0.1, 0.15) is 12.8 Å². The number of anilines is 1. The Hall–Kier alpha value is -2.01. The standard InChI is InChI=1S/C14H17N5/c1-3-11(9-15-7-1)13-5-6-14(19-18-13)17-10-12-4-2-8-16-12/h1,3,5-7,9,12,16H,2,4,8,10H2,(H,17,19). The summed E-state index contributed by atoms with van der Waals surface area (Å²) in [6.45, 7) is 2.03. The average Bonchev–Trinajstić information content (AvgIpc) is 3.00. The van der Waals surface area contributed by atoms with E-state index in [9.17, 15) is 0 Å². The van der Waals surface area contributed by atoms with Crippen LogP contribution in [0, 0.1) is 0 Å². The highest BCUT2D eigenvalue weighted by atomic mass is 15.2.